The van der Waals surface area contributed by atoms with Gasteiger partial charge in [0.25, 0.3) is 0 Å². The first-order valence-electron chi connectivity index (χ1n) is 6.41. The second-order valence-electron chi connectivity index (χ2n) is 4.37. The van der Waals surface area contributed by atoms with Gasteiger partial charge in [0.2, 0.25) is 0 Å². The van der Waals surface area contributed by atoms with Crippen LogP contribution in [0.4, 0.5) is 0 Å². The van der Waals surface area contributed by atoms with Crippen LogP contribution < -0.4 is 5.32 Å². The predicted molar refractivity (Wildman–Crippen MR) is 81.7 cm³/mol. The van der Waals surface area contributed by atoms with E-state index in [9.17, 15) is 5.11 Å². The first-order valence-corrected chi connectivity index (χ1v) is 8.18. The van der Waals surface area contributed by atoms with Gasteiger partial charge in [0.05, 0.1) is 5.02 Å². The molecular weight excluding hydrogens is 266 g/mol. The van der Waals surface area contributed by atoms with E-state index in [0.29, 0.717) is 5.02 Å². The van der Waals surface area contributed by atoms with Crippen LogP contribution in [0.25, 0.3) is 0 Å². The zero-order valence-corrected chi connectivity index (χ0v) is 12.5. The van der Waals surface area contributed by atoms with Crippen molar-refractivity contribution in [2.75, 3.05) is 18.6 Å². The van der Waals surface area contributed by atoms with E-state index in [1.54, 1.807) is 6.07 Å². The Morgan fingerprint density at radius 1 is 1.22 bits per heavy atom. The Balaban J connectivity index is 2.05. The van der Waals surface area contributed by atoms with Gasteiger partial charge in [-0.3, -0.25) is 0 Å². The van der Waals surface area contributed by atoms with Gasteiger partial charge in [-0.1, -0.05) is 30.5 Å². The number of nitrogens with one attached hydrogen (secondary N) is 1. The van der Waals surface area contributed by atoms with E-state index in [1.807, 2.05) is 23.9 Å². The van der Waals surface area contributed by atoms with E-state index in [2.05, 4.69) is 11.6 Å². The fourth-order valence-electron chi connectivity index (χ4n) is 1.74. The summed E-state index contributed by atoms with van der Waals surface area (Å²) in [7, 11) is 0. The molecule has 0 unspecified atom stereocenters. The molecule has 0 fully saturated rings. The summed E-state index contributed by atoms with van der Waals surface area (Å²) in [5.41, 5.74) is 1.11. The molecule has 0 aliphatic carbocycles. The van der Waals surface area contributed by atoms with Gasteiger partial charge < -0.3 is 10.4 Å². The normalized spacial score (nSPS) is 10.8. The molecule has 0 aliphatic heterocycles. The number of hydrogen-bond acceptors (Lipinski definition) is 3. The van der Waals surface area contributed by atoms with E-state index in [1.165, 1.54) is 31.4 Å². The van der Waals surface area contributed by atoms with Crippen LogP contribution in [0, 0.1) is 0 Å². The average Bonchev–Trinajstić information content (AvgIpc) is 2.37. The van der Waals surface area contributed by atoms with Crippen LogP contribution in [-0.4, -0.2) is 23.7 Å². The fourth-order valence-corrected chi connectivity index (χ4v) is 2.44. The molecule has 0 spiro atoms. The lowest BCUT2D eigenvalue weighted by molar-refractivity contribution is 0.475. The third-order valence-electron chi connectivity index (χ3n) is 2.79. The average molecular weight is 288 g/mol. The SMILES string of the molecule is CSCCCCCCNCc1ccc(O)c(Cl)c1. The summed E-state index contributed by atoms with van der Waals surface area (Å²) in [5, 5.41) is 13.1. The monoisotopic (exact) mass is 287 g/mol. The topological polar surface area (TPSA) is 32.3 Å². The molecule has 0 heterocycles. The van der Waals surface area contributed by atoms with Crippen LogP contribution in [0.1, 0.15) is 31.2 Å². The minimum atomic E-state index is 0.147. The van der Waals surface area contributed by atoms with Crippen molar-refractivity contribution in [1.82, 2.24) is 5.32 Å². The van der Waals surface area contributed by atoms with Crippen molar-refractivity contribution in [3.8, 4) is 5.75 Å². The van der Waals surface area contributed by atoms with Crippen LogP contribution in [-0.2, 0) is 6.54 Å². The molecule has 18 heavy (non-hydrogen) atoms. The van der Waals surface area contributed by atoms with Crippen LogP contribution in [0.15, 0.2) is 18.2 Å². The van der Waals surface area contributed by atoms with Crippen molar-refractivity contribution in [3.05, 3.63) is 28.8 Å². The maximum atomic E-state index is 9.30. The van der Waals surface area contributed by atoms with Crippen LogP contribution >= 0.6 is 23.4 Å². The Hall–Kier alpha value is -0.380. The molecule has 0 saturated carbocycles. The number of rotatable bonds is 9. The fraction of sp³-hybridized carbons (Fsp3) is 0.571. The van der Waals surface area contributed by atoms with Crippen molar-refractivity contribution in [3.63, 3.8) is 0 Å². The van der Waals surface area contributed by atoms with E-state index in [-0.39, 0.29) is 5.75 Å². The van der Waals surface area contributed by atoms with Crippen molar-refractivity contribution >= 4 is 23.4 Å². The number of phenols is 1. The van der Waals surface area contributed by atoms with Crippen molar-refractivity contribution in [1.29, 1.82) is 0 Å². The molecule has 1 aromatic rings. The number of thioether (sulfide) groups is 1. The highest BCUT2D eigenvalue weighted by molar-refractivity contribution is 7.98. The van der Waals surface area contributed by atoms with E-state index in [4.69, 9.17) is 11.6 Å². The third-order valence-corrected chi connectivity index (χ3v) is 3.79. The van der Waals surface area contributed by atoms with Gasteiger partial charge >= 0.3 is 0 Å². The highest BCUT2D eigenvalue weighted by Crippen LogP contribution is 2.23. The first kappa shape index (κ1) is 15.7. The molecule has 4 heteroatoms. The van der Waals surface area contributed by atoms with Crippen LogP contribution in [0.3, 0.4) is 0 Å². The smallest absolute Gasteiger partial charge is 0.134 e. The second kappa shape index (κ2) is 9.54. The predicted octanol–water partition coefficient (Wildman–Crippen LogP) is 4.06. The van der Waals surface area contributed by atoms with Gasteiger partial charge in [0, 0.05) is 6.54 Å². The number of unbranched alkanes of at least 4 members (excludes halogenated alkanes) is 3. The molecule has 0 saturated heterocycles. The maximum Gasteiger partial charge on any atom is 0.134 e. The summed E-state index contributed by atoms with van der Waals surface area (Å²) < 4.78 is 0. The molecule has 0 radical (unpaired) electrons. The Bertz CT molecular complexity index is 347. The molecule has 2 N–H and O–H groups in total. The van der Waals surface area contributed by atoms with Crippen LogP contribution in [0.5, 0.6) is 5.75 Å². The molecule has 1 aromatic carbocycles. The van der Waals surface area contributed by atoms with E-state index < -0.39 is 0 Å². The van der Waals surface area contributed by atoms with Crippen molar-refractivity contribution in [2.45, 2.75) is 32.2 Å². The lowest BCUT2D eigenvalue weighted by Gasteiger charge is -2.06. The van der Waals surface area contributed by atoms with Crippen LogP contribution in [0.2, 0.25) is 5.02 Å². The summed E-state index contributed by atoms with van der Waals surface area (Å²) in [6, 6.07) is 5.34. The summed E-state index contributed by atoms with van der Waals surface area (Å²) in [4.78, 5) is 0. The number of benzene rings is 1. The van der Waals surface area contributed by atoms with Gasteiger partial charge in [-0.25, -0.2) is 0 Å². The highest BCUT2D eigenvalue weighted by atomic mass is 35.5. The minimum absolute atomic E-state index is 0.147. The Morgan fingerprint density at radius 3 is 2.72 bits per heavy atom. The Labute approximate surface area is 119 Å². The van der Waals surface area contributed by atoms with Crippen molar-refractivity contribution in [2.24, 2.45) is 0 Å². The quantitative estimate of drug-likeness (QED) is 0.672. The lowest BCUT2D eigenvalue weighted by Crippen LogP contribution is -2.14. The maximum absolute atomic E-state index is 9.30. The molecule has 0 amide bonds. The number of phenolic OH excluding ortho intramolecular Hbond substituents is 1. The number of hydrogen-bond donors (Lipinski definition) is 2. The van der Waals surface area contributed by atoms with E-state index in [0.717, 1.165) is 18.7 Å². The van der Waals surface area contributed by atoms with Crippen molar-refractivity contribution < 1.29 is 5.11 Å². The van der Waals surface area contributed by atoms with Gasteiger partial charge in [-0.05, 0) is 49.1 Å². The summed E-state index contributed by atoms with van der Waals surface area (Å²) >= 11 is 7.77. The van der Waals surface area contributed by atoms with E-state index >= 15 is 0 Å². The van der Waals surface area contributed by atoms with Gasteiger partial charge in [0.15, 0.2) is 0 Å². The second-order valence-corrected chi connectivity index (χ2v) is 5.76. The summed E-state index contributed by atoms with van der Waals surface area (Å²) in [6.45, 7) is 1.85. The van der Waals surface area contributed by atoms with Gasteiger partial charge in [-0.2, -0.15) is 11.8 Å². The number of halogens is 1. The zero-order chi connectivity index (χ0) is 13.2. The van der Waals surface area contributed by atoms with Gasteiger partial charge in [0.1, 0.15) is 5.75 Å². The molecule has 1 rings (SSSR count). The summed E-state index contributed by atoms with van der Waals surface area (Å²) in [5.74, 6) is 1.42. The molecule has 102 valence electrons. The largest absolute Gasteiger partial charge is 0.506 e. The molecule has 0 aromatic heterocycles. The molecule has 2 nitrogen and oxygen atoms in total. The summed E-state index contributed by atoms with van der Waals surface area (Å²) in [6.07, 6.45) is 7.33. The molecule has 0 atom stereocenters. The standard InChI is InChI=1S/C14H22ClNOS/c1-18-9-5-3-2-4-8-16-11-12-6-7-14(17)13(15)10-12/h6-7,10,16-17H,2-5,8-9,11H2,1H3. The number of aromatic hydroxyl groups is 1. The van der Waals surface area contributed by atoms with Gasteiger partial charge in [-0.15, -0.1) is 0 Å². The first-order chi connectivity index (χ1) is 8.74. The minimum Gasteiger partial charge on any atom is -0.506 e. The molecule has 0 aliphatic rings. The Morgan fingerprint density at radius 2 is 2.00 bits per heavy atom. The lowest BCUT2D eigenvalue weighted by atomic mass is 10.2. The zero-order valence-electron chi connectivity index (χ0n) is 10.9. The molecular formula is C14H22ClNOS. The highest BCUT2D eigenvalue weighted by Gasteiger charge is 1.99. The Kier molecular flexibility index (Phi) is 8.31. The molecule has 0 bridgehead atoms. The third kappa shape index (κ3) is 6.53.